The maximum absolute atomic E-state index is 10.4. The van der Waals surface area contributed by atoms with Gasteiger partial charge in [-0.15, -0.1) is 0 Å². The van der Waals surface area contributed by atoms with Crippen LogP contribution in [0.2, 0.25) is 0 Å². The standard InChI is InChI=1S/C18H32N2O/c1-5-12-19(13-6-2)16-10-9-11-17(21)18(16)20(14-7-3)15-8-4/h9-11,21H,5-8,12-15H2,1-4H3. The highest BCUT2D eigenvalue weighted by Crippen LogP contribution is 2.38. The van der Waals surface area contributed by atoms with Gasteiger partial charge in [0.05, 0.1) is 5.69 Å². The van der Waals surface area contributed by atoms with Gasteiger partial charge in [-0.3, -0.25) is 0 Å². The Morgan fingerprint density at radius 1 is 0.762 bits per heavy atom. The van der Waals surface area contributed by atoms with Crippen LogP contribution in [0.15, 0.2) is 18.2 Å². The van der Waals surface area contributed by atoms with Crippen LogP contribution in [0.3, 0.4) is 0 Å². The number of para-hydroxylation sites is 1. The Kier molecular flexibility index (Phi) is 8.03. The van der Waals surface area contributed by atoms with Gasteiger partial charge in [-0.1, -0.05) is 33.8 Å². The highest BCUT2D eigenvalue weighted by molar-refractivity contribution is 5.77. The number of phenolic OH excluding ortho intramolecular Hbond substituents is 1. The number of hydrogen-bond acceptors (Lipinski definition) is 3. The third-order valence-electron chi connectivity index (χ3n) is 3.62. The summed E-state index contributed by atoms with van der Waals surface area (Å²) in [4.78, 5) is 4.75. The second kappa shape index (κ2) is 9.54. The molecule has 1 aromatic carbocycles. The van der Waals surface area contributed by atoms with Crippen LogP contribution in [-0.4, -0.2) is 31.3 Å². The molecule has 0 amide bonds. The number of nitrogens with zero attached hydrogens (tertiary/aromatic N) is 2. The molecule has 0 spiro atoms. The van der Waals surface area contributed by atoms with E-state index in [-0.39, 0.29) is 0 Å². The van der Waals surface area contributed by atoms with Gasteiger partial charge in [0.25, 0.3) is 0 Å². The lowest BCUT2D eigenvalue weighted by Crippen LogP contribution is -2.30. The summed E-state index contributed by atoms with van der Waals surface area (Å²) in [5.41, 5.74) is 2.20. The van der Waals surface area contributed by atoms with Crippen molar-refractivity contribution in [3.05, 3.63) is 18.2 Å². The first kappa shape index (κ1) is 17.7. The average molecular weight is 292 g/mol. The van der Waals surface area contributed by atoms with Crippen molar-refractivity contribution in [2.75, 3.05) is 36.0 Å². The Balaban J connectivity index is 3.20. The summed E-state index contributed by atoms with van der Waals surface area (Å²) >= 11 is 0. The van der Waals surface area contributed by atoms with Crippen molar-refractivity contribution in [2.45, 2.75) is 53.4 Å². The first-order valence-corrected chi connectivity index (χ1v) is 8.51. The normalized spacial score (nSPS) is 10.7. The van der Waals surface area contributed by atoms with E-state index in [0.29, 0.717) is 5.75 Å². The predicted octanol–water partition coefficient (Wildman–Crippen LogP) is 4.65. The topological polar surface area (TPSA) is 26.7 Å². The molecule has 3 heteroatoms. The van der Waals surface area contributed by atoms with E-state index >= 15 is 0 Å². The number of rotatable bonds is 10. The Bertz CT molecular complexity index is 394. The summed E-state index contributed by atoms with van der Waals surface area (Å²) in [6.07, 6.45) is 4.43. The first-order chi connectivity index (χ1) is 10.2. The van der Waals surface area contributed by atoms with Crippen LogP contribution in [0, 0.1) is 0 Å². The number of benzene rings is 1. The van der Waals surface area contributed by atoms with Gasteiger partial charge < -0.3 is 14.9 Å². The molecular formula is C18H32N2O. The van der Waals surface area contributed by atoms with Crippen molar-refractivity contribution in [3.63, 3.8) is 0 Å². The van der Waals surface area contributed by atoms with Crippen LogP contribution in [0.5, 0.6) is 5.75 Å². The molecule has 0 atom stereocenters. The highest BCUT2D eigenvalue weighted by Gasteiger charge is 2.18. The number of phenols is 1. The van der Waals surface area contributed by atoms with E-state index in [1.54, 1.807) is 0 Å². The monoisotopic (exact) mass is 292 g/mol. The molecule has 0 saturated carbocycles. The summed E-state index contributed by atoms with van der Waals surface area (Å²) in [5, 5.41) is 10.4. The van der Waals surface area contributed by atoms with Gasteiger partial charge >= 0.3 is 0 Å². The zero-order valence-corrected chi connectivity index (χ0v) is 14.2. The summed E-state index contributed by atoms with van der Waals surface area (Å²) in [7, 11) is 0. The summed E-state index contributed by atoms with van der Waals surface area (Å²) in [5.74, 6) is 0.409. The molecule has 0 bridgehead atoms. The van der Waals surface area contributed by atoms with Gasteiger partial charge in [0.1, 0.15) is 11.4 Å². The highest BCUT2D eigenvalue weighted by atomic mass is 16.3. The fraction of sp³-hybridized carbons (Fsp3) is 0.667. The molecular weight excluding hydrogens is 260 g/mol. The van der Waals surface area contributed by atoms with E-state index in [0.717, 1.165) is 57.5 Å². The van der Waals surface area contributed by atoms with E-state index in [1.807, 2.05) is 12.1 Å². The molecule has 3 nitrogen and oxygen atoms in total. The van der Waals surface area contributed by atoms with Gasteiger partial charge in [0.15, 0.2) is 0 Å². The third kappa shape index (κ3) is 4.83. The molecule has 0 heterocycles. The number of hydrogen-bond donors (Lipinski definition) is 1. The fourth-order valence-corrected chi connectivity index (χ4v) is 2.87. The molecule has 1 N–H and O–H groups in total. The van der Waals surface area contributed by atoms with E-state index < -0.39 is 0 Å². The Morgan fingerprint density at radius 2 is 1.24 bits per heavy atom. The van der Waals surface area contributed by atoms with Crippen LogP contribution >= 0.6 is 0 Å². The minimum absolute atomic E-state index is 0.409. The van der Waals surface area contributed by atoms with Gasteiger partial charge in [-0.2, -0.15) is 0 Å². The summed E-state index contributed by atoms with van der Waals surface area (Å²) in [6, 6.07) is 5.93. The molecule has 0 unspecified atom stereocenters. The zero-order valence-electron chi connectivity index (χ0n) is 14.2. The lowest BCUT2D eigenvalue weighted by Gasteiger charge is -2.32. The van der Waals surface area contributed by atoms with E-state index in [2.05, 4.69) is 43.6 Å². The quantitative estimate of drug-likeness (QED) is 0.680. The molecule has 1 aromatic rings. The summed E-state index contributed by atoms with van der Waals surface area (Å²) < 4.78 is 0. The fourth-order valence-electron chi connectivity index (χ4n) is 2.87. The molecule has 21 heavy (non-hydrogen) atoms. The Labute approximate surface area is 130 Å². The SMILES string of the molecule is CCCN(CCC)c1cccc(O)c1N(CCC)CCC. The van der Waals surface area contributed by atoms with Crippen molar-refractivity contribution in [1.82, 2.24) is 0 Å². The lowest BCUT2D eigenvalue weighted by atomic mass is 10.1. The maximum atomic E-state index is 10.4. The van der Waals surface area contributed by atoms with E-state index in [4.69, 9.17) is 0 Å². The zero-order chi connectivity index (χ0) is 15.7. The van der Waals surface area contributed by atoms with Crippen molar-refractivity contribution >= 4 is 11.4 Å². The molecule has 0 saturated heterocycles. The van der Waals surface area contributed by atoms with Crippen molar-refractivity contribution < 1.29 is 5.11 Å². The minimum Gasteiger partial charge on any atom is -0.506 e. The number of aromatic hydroxyl groups is 1. The molecule has 120 valence electrons. The average Bonchev–Trinajstić information content (AvgIpc) is 2.47. The maximum Gasteiger partial charge on any atom is 0.141 e. The van der Waals surface area contributed by atoms with Crippen molar-refractivity contribution in [2.24, 2.45) is 0 Å². The molecule has 0 aliphatic rings. The van der Waals surface area contributed by atoms with Crippen LogP contribution in [-0.2, 0) is 0 Å². The molecule has 0 aromatic heterocycles. The van der Waals surface area contributed by atoms with Crippen LogP contribution in [0.25, 0.3) is 0 Å². The molecule has 0 fully saturated rings. The molecule has 0 aliphatic heterocycles. The van der Waals surface area contributed by atoms with Crippen LogP contribution in [0.4, 0.5) is 11.4 Å². The van der Waals surface area contributed by atoms with Gasteiger partial charge in [-0.25, -0.2) is 0 Å². The van der Waals surface area contributed by atoms with Gasteiger partial charge in [0, 0.05) is 26.2 Å². The summed E-state index contributed by atoms with van der Waals surface area (Å²) in [6.45, 7) is 12.9. The Morgan fingerprint density at radius 3 is 1.71 bits per heavy atom. The van der Waals surface area contributed by atoms with Gasteiger partial charge in [-0.05, 0) is 37.8 Å². The van der Waals surface area contributed by atoms with Crippen molar-refractivity contribution in [3.8, 4) is 5.75 Å². The van der Waals surface area contributed by atoms with Crippen molar-refractivity contribution in [1.29, 1.82) is 0 Å². The molecule has 1 rings (SSSR count). The molecule has 0 aliphatic carbocycles. The number of anilines is 2. The van der Waals surface area contributed by atoms with E-state index in [1.165, 1.54) is 5.69 Å². The lowest BCUT2D eigenvalue weighted by molar-refractivity contribution is 0.473. The smallest absolute Gasteiger partial charge is 0.141 e. The van der Waals surface area contributed by atoms with E-state index in [9.17, 15) is 5.11 Å². The molecule has 0 radical (unpaired) electrons. The van der Waals surface area contributed by atoms with Crippen LogP contribution < -0.4 is 9.80 Å². The predicted molar refractivity (Wildman–Crippen MR) is 93.7 cm³/mol. The van der Waals surface area contributed by atoms with Gasteiger partial charge in [0.2, 0.25) is 0 Å². The second-order valence-corrected chi connectivity index (χ2v) is 5.62. The Hall–Kier alpha value is -1.38. The third-order valence-corrected chi connectivity index (χ3v) is 3.62. The second-order valence-electron chi connectivity index (χ2n) is 5.62. The van der Waals surface area contributed by atoms with Crippen LogP contribution in [0.1, 0.15) is 53.4 Å². The largest absolute Gasteiger partial charge is 0.506 e. The first-order valence-electron chi connectivity index (χ1n) is 8.51. The minimum atomic E-state index is 0.409.